The highest BCUT2D eigenvalue weighted by Gasteiger charge is 2.09. The number of thiazole rings is 1. The SMILES string of the molecule is Cc1csc(CC(=O)NNC(=O)c2ccc(C#Cc3ccccc3)cc2)n1. The Bertz CT molecular complexity index is 999. The molecule has 2 amide bonds. The summed E-state index contributed by atoms with van der Waals surface area (Å²) in [5.74, 6) is 5.41. The van der Waals surface area contributed by atoms with Crippen molar-refractivity contribution in [2.45, 2.75) is 13.3 Å². The van der Waals surface area contributed by atoms with E-state index in [-0.39, 0.29) is 18.2 Å². The number of benzene rings is 2. The summed E-state index contributed by atoms with van der Waals surface area (Å²) < 4.78 is 0. The molecule has 0 bridgehead atoms. The number of carbonyl (C=O) groups excluding carboxylic acids is 2. The minimum atomic E-state index is -0.388. The molecule has 0 atom stereocenters. The van der Waals surface area contributed by atoms with E-state index in [1.807, 2.05) is 42.6 Å². The van der Waals surface area contributed by atoms with Gasteiger partial charge in [-0.25, -0.2) is 4.98 Å². The van der Waals surface area contributed by atoms with Crippen LogP contribution in [-0.2, 0) is 11.2 Å². The largest absolute Gasteiger partial charge is 0.273 e. The Balaban J connectivity index is 1.53. The fourth-order valence-corrected chi connectivity index (χ4v) is 3.01. The molecule has 3 rings (SSSR count). The van der Waals surface area contributed by atoms with E-state index in [0.29, 0.717) is 10.6 Å². The monoisotopic (exact) mass is 375 g/mol. The van der Waals surface area contributed by atoms with Gasteiger partial charge in [0.1, 0.15) is 5.01 Å². The molecule has 5 nitrogen and oxygen atoms in total. The Morgan fingerprint density at radius 2 is 1.63 bits per heavy atom. The van der Waals surface area contributed by atoms with Crippen molar-refractivity contribution in [3.63, 3.8) is 0 Å². The Morgan fingerprint density at radius 1 is 0.963 bits per heavy atom. The lowest BCUT2D eigenvalue weighted by Crippen LogP contribution is -2.42. The number of nitrogens with zero attached hydrogens (tertiary/aromatic N) is 1. The number of aryl methyl sites for hydroxylation is 1. The van der Waals surface area contributed by atoms with E-state index < -0.39 is 0 Å². The third kappa shape index (κ3) is 5.53. The lowest BCUT2D eigenvalue weighted by Gasteiger charge is -2.06. The molecule has 0 radical (unpaired) electrons. The summed E-state index contributed by atoms with van der Waals surface area (Å²) in [7, 11) is 0. The molecule has 0 saturated carbocycles. The lowest BCUT2D eigenvalue weighted by molar-refractivity contribution is -0.121. The predicted molar refractivity (Wildman–Crippen MR) is 105 cm³/mol. The Hall–Kier alpha value is -3.43. The van der Waals surface area contributed by atoms with Crippen LogP contribution >= 0.6 is 11.3 Å². The van der Waals surface area contributed by atoms with Crippen molar-refractivity contribution in [3.8, 4) is 11.8 Å². The standard InChI is InChI=1S/C21H17N3O2S/c1-15-14-27-20(22-15)13-19(25)23-24-21(26)18-11-9-17(10-12-18)8-7-16-5-3-2-4-6-16/h2-6,9-12,14H,13H2,1H3,(H,23,25)(H,24,26). The molecule has 1 aromatic heterocycles. The summed E-state index contributed by atoms with van der Waals surface area (Å²) in [5.41, 5.74) is 7.85. The topological polar surface area (TPSA) is 71.1 Å². The molecule has 0 unspecified atom stereocenters. The van der Waals surface area contributed by atoms with Gasteiger partial charge in [0.05, 0.1) is 6.42 Å². The number of amides is 2. The minimum Gasteiger partial charge on any atom is -0.273 e. The van der Waals surface area contributed by atoms with Gasteiger partial charge in [-0.15, -0.1) is 11.3 Å². The lowest BCUT2D eigenvalue weighted by atomic mass is 10.1. The highest BCUT2D eigenvalue weighted by atomic mass is 32.1. The summed E-state index contributed by atoms with van der Waals surface area (Å²) >= 11 is 1.42. The van der Waals surface area contributed by atoms with Gasteiger partial charge in [-0.3, -0.25) is 20.4 Å². The first-order chi connectivity index (χ1) is 13.1. The minimum absolute atomic E-state index is 0.132. The number of hydrogen-bond acceptors (Lipinski definition) is 4. The number of nitrogens with one attached hydrogen (secondary N) is 2. The molecule has 134 valence electrons. The summed E-state index contributed by atoms with van der Waals surface area (Å²) in [6.07, 6.45) is 0.132. The molecular weight excluding hydrogens is 358 g/mol. The third-order valence-electron chi connectivity index (χ3n) is 3.57. The van der Waals surface area contributed by atoms with E-state index >= 15 is 0 Å². The van der Waals surface area contributed by atoms with E-state index in [1.165, 1.54) is 11.3 Å². The first-order valence-corrected chi connectivity index (χ1v) is 9.15. The second-order valence-electron chi connectivity index (χ2n) is 5.76. The van der Waals surface area contributed by atoms with Gasteiger partial charge >= 0.3 is 0 Å². The molecule has 2 N–H and O–H groups in total. The second-order valence-corrected chi connectivity index (χ2v) is 6.70. The summed E-state index contributed by atoms with van der Waals surface area (Å²) in [4.78, 5) is 28.2. The summed E-state index contributed by atoms with van der Waals surface area (Å²) in [6.45, 7) is 1.87. The van der Waals surface area contributed by atoms with Gasteiger partial charge in [-0.1, -0.05) is 30.0 Å². The smallest absolute Gasteiger partial charge is 0.269 e. The highest BCUT2D eigenvalue weighted by molar-refractivity contribution is 7.09. The van der Waals surface area contributed by atoms with E-state index in [4.69, 9.17) is 0 Å². The molecule has 1 heterocycles. The van der Waals surface area contributed by atoms with Gasteiger partial charge in [-0.05, 0) is 43.3 Å². The van der Waals surface area contributed by atoms with Crippen molar-refractivity contribution in [2.24, 2.45) is 0 Å². The molecule has 0 fully saturated rings. The third-order valence-corrected chi connectivity index (χ3v) is 4.53. The normalized spacial score (nSPS) is 9.81. The Labute approximate surface area is 161 Å². The van der Waals surface area contributed by atoms with Crippen LogP contribution in [0.1, 0.15) is 32.2 Å². The zero-order chi connectivity index (χ0) is 19.1. The summed E-state index contributed by atoms with van der Waals surface area (Å²) in [5, 5.41) is 2.59. The average Bonchev–Trinajstić information content (AvgIpc) is 3.10. The number of aromatic nitrogens is 1. The fourth-order valence-electron chi connectivity index (χ4n) is 2.23. The molecule has 3 aromatic rings. The van der Waals surface area contributed by atoms with Crippen LogP contribution < -0.4 is 10.9 Å². The molecule has 0 spiro atoms. The quantitative estimate of drug-likeness (QED) is 0.546. The van der Waals surface area contributed by atoms with Gasteiger partial charge in [0, 0.05) is 27.8 Å². The van der Waals surface area contributed by atoms with Gasteiger partial charge in [0.15, 0.2) is 0 Å². The maximum absolute atomic E-state index is 12.1. The van der Waals surface area contributed by atoms with Crippen molar-refractivity contribution >= 4 is 23.2 Å². The Kier molecular flexibility index (Phi) is 5.98. The van der Waals surface area contributed by atoms with Gasteiger partial charge in [0.25, 0.3) is 5.91 Å². The van der Waals surface area contributed by atoms with Crippen molar-refractivity contribution in [1.82, 2.24) is 15.8 Å². The Morgan fingerprint density at radius 3 is 2.26 bits per heavy atom. The maximum Gasteiger partial charge on any atom is 0.269 e. The van der Waals surface area contributed by atoms with Crippen LogP contribution in [0.4, 0.5) is 0 Å². The molecular formula is C21H17N3O2S. The molecule has 6 heteroatoms. The van der Waals surface area contributed by atoms with Gasteiger partial charge in [-0.2, -0.15) is 0 Å². The summed E-state index contributed by atoms with van der Waals surface area (Å²) in [6, 6.07) is 16.5. The first kappa shape index (κ1) is 18.4. The van der Waals surface area contributed by atoms with Crippen LogP contribution in [0, 0.1) is 18.8 Å². The predicted octanol–water partition coefficient (Wildman–Crippen LogP) is 2.86. The zero-order valence-electron chi connectivity index (χ0n) is 14.7. The molecule has 2 aromatic carbocycles. The molecule has 0 saturated heterocycles. The first-order valence-electron chi connectivity index (χ1n) is 8.27. The van der Waals surface area contributed by atoms with Crippen LogP contribution in [0.3, 0.4) is 0 Å². The number of hydrazine groups is 1. The average molecular weight is 375 g/mol. The van der Waals surface area contributed by atoms with E-state index in [0.717, 1.165) is 16.8 Å². The molecule has 27 heavy (non-hydrogen) atoms. The van der Waals surface area contributed by atoms with Crippen LogP contribution in [0.5, 0.6) is 0 Å². The van der Waals surface area contributed by atoms with Crippen molar-refractivity contribution in [1.29, 1.82) is 0 Å². The van der Waals surface area contributed by atoms with E-state index in [2.05, 4.69) is 27.7 Å². The van der Waals surface area contributed by atoms with Crippen molar-refractivity contribution < 1.29 is 9.59 Å². The molecule has 0 aliphatic heterocycles. The van der Waals surface area contributed by atoms with Crippen LogP contribution in [0.25, 0.3) is 0 Å². The van der Waals surface area contributed by atoms with Crippen LogP contribution in [0.2, 0.25) is 0 Å². The van der Waals surface area contributed by atoms with Crippen molar-refractivity contribution in [2.75, 3.05) is 0 Å². The van der Waals surface area contributed by atoms with Crippen LogP contribution in [-0.4, -0.2) is 16.8 Å². The van der Waals surface area contributed by atoms with Gasteiger partial charge < -0.3 is 0 Å². The molecule has 0 aliphatic carbocycles. The molecule has 0 aliphatic rings. The van der Waals surface area contributed by atoms with Crippen molar-refractivity contribution in [3.05, 3.63) is 87.4 Å². The fraction of sp³-hybridized carbons (Fsp3) is 0.0952. The van der Waals surface area contributed by atoms with E-state index in [1.54, 1.807) is 24.3 Å². The van der Waals surface area contributed by atoms with Crippen LogP contribution in [0.15, 0.2) is 60.0 Å². The second kappa shape index (κ2) is 8.79. The maximum atomic E-state index is 12.1. The zero-order valence-corrected chi connectivity index (χ0v) is 15.5. The number of hydrogen-bond donors (Lipinski definition) is 2. The van der Waals surface area contributed by atoms with Gasteiger partial charge in [0.2, 0.25) is 5.91 Å². The number of rotatable bonds is 3. The van der Waals surface area contributed by atoms with E-state index in [9.17, 15) is 9.59 Å². The number of carbonyl (C=O) groups is 2. The highest BCUT2D eigenvalue weighted by Crippen LogP contribution is 2.09.